The van der Waals surface area contributed by atoms with E-state index in [9.17, 15) is 9.90 Å². The van der Waals surface area contributed by atoms with E-state index in [0.29, 0.717) is 13.1 Å². The summed E-state index contributed by atoms with van der Waals surface area (Å²) in [4.78, 5) is 11.9. The molecule has 2 rings (SSSR count). The van der Waals surface area contributed by atoms with Gasteiger partial charge in [-0.3, -0.25) is 9.48 Å². The van der Waals surface area contributed by atoms with E-state index in [1.807, 2.05) is 0 Å². The summed E-state index contributed by atoms with van der Waals surface area (Å²) in [5.41, 5.74) is 0.259. The summed E-state index contributed by atoms with van der Waals surface area (Å²) in [5.74, 6) is -0.325. The third-order valence-corrected chi connectivity index (χ3v) is 3.02. The molecule has 1 amide bonds. The van der Waals surface area contributed by atoms with Gasteiger partial charge in [-0.1, -0.05) is 21.1 Å². The van der Waals surface area contributed by atoms with Crippen LogP contribution in [0.4, 0.5) is 0 Å². The van der Waals surface area contributed by atoms with Crippen molar-refractivity contribution in [1.82, 2.24) is 20.3 Å². The molecule has 1 aromatic heterocycles. The number of amides is 1. The molecule has 0 spiro atoms. The second kappa shape index (κ2) is 6.33. The number of hydrogen-bond donors (Lipinski definition) is 2. The number of carbonyl (C=O) groups is 1. The van der Waals surface area contributed by atoms with Gasteiger partial charge in [0.1, 0.15) is 5.75 Å². The zero-order chi connectivity index (χ0) is 13.7. The summed E-state index contributed by atoms with van der Waals surface area (Å²) in [6, 6.07) is 4.74. The standard InChI is InChI=1S/C12H13BrN4O2/c13-9-2-3-11(18)10(8-9)12(19)14-4-1-6-17-7-5-15-16-17/h2-3,5,7-8,18H,1,4,6H2,(H,14,19). The Hall–Kier alpha value is -1.89. The van der Waals surface area contributed by atoms with Gasteiger partial charge in [-0.2, -0.15) is 0 Å². The quantitative estimate of drug-likeness (QED) is 0.818. The summed E-state index contributed by atoms with van der Waals surface area (Å²) in [7, 11) is 0. The minimum atomic E-state index is -0.294. The van der Waals surface area contributed by atoms with Crippen LogP contribution in [0.1, 0.15) is 16.8 Å². The Labute approximate surface area is 118 Å². The molecule has 0 aliphatic rings. The van der Waals surface area contributed by atoms with Gasteiger partial charge in [0.05, 0.1) is 11.8 Å². The van der Waals surface area contributed by atoms with Crippen molar-refractivity contribution in [3.8, 4) is 5.75 Å². The normalized spacial score (nSPS) is 10.4. The van der Waals surface area contributed by atoms with Crippen molar-refractivity contribution in [2.45, 2.75) is 13.0 Å². The molecule has 19 heavy (non-hydrogen) atoms. The van der Waals surface area contributed by atoms with Crippen LogP contribution < -0.4 is 5.32 Å². The minimum absolute atomic E-state index is 0.0306. The van der Waals surface area contributed by atoms with Gasteiger partial charge >= 0.3 is 0 Å². The fourth-order valence-electron chi connectivity index (χ4n) is 1.58. The van der Waals surface area contributed by atoms with Gasteiger partial charge in [-0.15, -0.1) is 5.10 Å². The van der Waals surface area contributed by atoms with Gasteiger partial charge in [0, 0.05) is 23.8 Å². The zero-order valence-corrected chi connectivity index (χ0v) is 11.7. The number of halogens is 1. The minimum Gasteiger partial charge on any atom is -0.507 e. The van der Waals surface area contributed by atoms with Crippen LogP contribution in [0.3, 0.4) is 0 Å². The van der Waals surface area contributed by atoms with E-state index in [-0.39, 0.29) is 17.2 Å². The van der Waals surface area contributed by atoms with Crippen LogP contribution in [0.15, 0.2) is 35.1 Å². The van der Waals surface area contributed by atoms with Crippen LogP contribution >= 0.6 is 15.9 Å². The molecule has 0 atom stereocenters. The van der Waals surface area contributed by atoms with Crippen LogP contribution in [-0.2, 0) is 6.54 Å². The fraction of sp³-hybridized carbons (Fsp3) is 0.250. The molecule has 1 aromatic carbocycles. The van der Waals surface area contributed by atoms with Crippen LogP contribution in [0.5, 0.6) is 5.75 Å². The topological polar surface area (TPSA) is 80.0 Å². The van der Waals surface area contributed by atoms with E-state index >= 15 is 0 Å². The molecule has 100 valence electrons. The number of aryl methyl sites for hydroxylation is 1. The SMILES string of the molecule is O=C(NCCCn1ccnn1)c1cc(Br)ccc1O. The summed E-state index contributed by atoms with van der Waals surface area (Å²) in [5, 5.41) is 19.9. The monoisotopic (exact) mass is 324 g/mol. The van der Waals surface area contributed by atoms with Crippen molar-refractivity contribution in [2.24, 2.45) is 0 Å². The van der Waals surface area contributed by atoms with Crippen molar-refractivity contribution in [1.29, 1.82) is 0 Å². The Morgan fingerprint density at radius 2 is 2.32 bits per heavy atom. The number of aromatic nitrogens is 3. The lowest BCUT2D eigenvalue weighted by molar-refractivity contribution is 0.0950. The fourth-order valence-corrected chi connectivity index (χ4v) is 1.94. The van der Waals surface area contributed by atoms with Crippen molar-refractivity contribution in [2.75, 3.05) is 6.54 Å². The molecular formula is C12H13BrN4O2. The molecular weight excluding hydrogens is 312 g/mol. The lowest BCUT2D eigenvalue weighted by Gasteiger charge is -2.07. The molecule has 0 bridgehead atoms. The molecule has 0 aliphatic carbocycles. The Kier molecular flexibility index (Phi) is 4.51. The van der Waals surface area contributed by atoms with Gasteiger partial charge < -0.3 is 10.4 Å². The molecule has 0 fully saturated rings. The van der Waals surface area contributed by atoms with Crippen molar-refractivity contribution >= 4 is 21.8 Å². The van der Waals surface area contributed by atoms with Crippen molar-refractivity contribution in [3.05, 3.63) is 40.6 Å². The van der Waals surface area contributed by atoms with Crippen molar-refractivity contribution < 1.29 is 9.90 Å². The highest BCUT2D eigenvalue weighted by atomic mass is 79.9. The predicted molar refractivity (Wildman–Crippen MR) is 72.8 cm³/mol. The number of rotatable bonds is 5. The highest BCUT2D eigenvalue weighted by molar-refractivity contribution is 9.10. The third kappa shape index (κ3) is 3.78. The number of nitrogens with one attached hydrogen (secondary N) is 1. The van der Waals surface area contributed by atoms with E-state index in [2.05, 4.69) is 31.6 Å². The second-order valence-corrected chi connectivity index (χ2v) is 4.85. The van der Waals surface area contributed by atoms with Gasteiger partial charge in [-0.05, 0) is 24.6 Å². The first-order valence-corrected chi connectivity index (χ1v) is 6.57. The smallest absolute Gasteiger partial charge is 0.255 e. The molecule has 6 nitrogen and oxygen atoms in total. The molecule has 0 aliphatic heterocycles. The zero-order valence-electron chi connectivity index (χ0n) is 10.1. The van der Waals surface area contributed by atoms with Gasteiger partial charge in [-0.25, -0.2) is 0 Å². The first-order chi connectivity index (χ1) is 9.16. The highest BCUT2D eigenvalue weighted by Crippen LogP contribution is 2.21. The lowest BCUT2D eigenvalue weighted by Crippen LogP contribution is -2.25. The maximum absolute atomic E-state index is 11.9. The Morgan fingerprint density at radius 3 is 3.05 bits per heavy atom. The summed E-state index contributed by atoms with van der Waals surface area (Å²) < 4.78 is 2.45. The number of phenols is 1. The van der Waals surface area contributed by atoms with Crippen molar-refractivity contribution in [3.63, 3.8) is 0 Å². The number of benzene rings is 1. The molecule has 1 heterocycles. The number of phenolic OH excluding ortho intramolecular Hbond substituents is 1. The second-order valence-electron chi connectivity index (χ2n) is 3.94. The van der Waals surface area contributed by atoms with Gasteiger partial charge in [0.25, 0.3) is 5.91 Å². The first-order valence-electron chi connectivity index (χ1n) is 5.77. The molecule has 2 aromatic rings. The third-order valence-electron chi connectivity index (χ3n) is 2.52. The highest BCUT2D eigenvalue weighted by Gasteiger charge is 2.10. The van der Waals surface area contributed by atoms with E-state index < -0.39 is 0 Å². The average molecular weight is 325 g/mol. The number of aromatic hydroxyl groups is 1. The van der Waals surface area contributed by atoms with E-state index in [1.54, 1.807) is 29.2 Å². The molecule has 0 saturated heterocycles. The average Bonchev–Trinajstić information content (AvgIpc) is 2.90. The number of nitrogens with zero attached hydrogens (tertiary/aromatic N) is 3. The molecule has 0 saturated carbocycles. The molecule has 0 radical (unpaired) electrons. The Balaban J connectivity index is 1.82. The van der Waals surface area contributed by atoms with Gasteiger partial charge in [0.15, 0.2) is 0 Å². The number of hydrogen-bond acceptors (Lipinski definition) is 4. The van der Waals surface area contributed by atoms with Gasteiger partial charge in [0.2, 0.25) is 0 Å². The van der Waals surface area contributed by atoms with E-state index in [1.165, 1.54) is 6.07 Å². The van der Waals surface area contributed by atoms with E-state index in [4.69, 9.17) is 0 Å². The van der Waals surface area contributed by atoms with Crippen LogP contribution in [-0.4, -0.2) is 32.6 Å². The largest absolute Gasteiger partial charge is 0.507 e. The maximum atomic E-state index is 11.9. The van der Waals surface area contributed by atoms with E-state index in [0.717, 1.165) is 10.9 Å². The molecule has 0 unspecified atom stereocenters. The predicted octanol–water partition coefficient (Wildman–Crippen LogP) is 1.57. The number of carbonyl (C=O) groups excluding carboxylic acids is 1. The summed E-state index contributed by atoms with van der Waals surface area (Å²) >= 11 is 3.26. The Morgan fingerprint density at radius 1 is 1.47 bits per heavy atom. The lowest BCUT2D eigenvalue weighted by atomic mass is 10.2. The maximum Gasteiger partial charge on any atom is 0.255 e. The first kappa shape index (κ1) is 13.5. The van der Waals surface area contributed by atoms with Crippen LogP contribution in [0.25, 0.3) is 0 Å². The molecule has 2 N–H and O–H groups in total. The van der Waals surface area contributed by atoms with Crippen LogP contribution in [0, 0.1) is 0 Å². The molecule has 7 heteroatoms. The Bertz CT molecular complexity index is 557. The summed E-state index contributed by atoms with van der Waals surface area (Å²) in [6.45, 7) is 1.19. The van der Waals surface area contributed by atoms with Crippen LogP contribution in [0.2, 0.25) is 0 Å². The summed E-state index contributed by atoms with van der Waals surface area (Å²) in [6.07, 6.45) is 4.12.